The summed E-state index contributed by atoms with van der Waals surface area (Å²) in [6.07, 6.45) is 2.24. The van der Waals surface area contributed by atoms with Crippen LogP contribution in [0.2, 0.25) is 0 Å². The topological polar surface area (TPSA) is 75.3 Å². The molecule has 2 N–H and O–H groups in total. The second-order valence-corrected chi connectivity index (χ2v) is 4.94. The third-order valence-electron chi connectivity index (χ3n) is 3.55. The van der Waals surface area contributed by atoms with Crippen LogP contribution in [0.3, 0.4) is 0 Å². The molecule has 0 aliphatic carbocycles. The Kier molecular flexibility index (Phi) is 4.39. The Labute approximate surface area is 117 Å². The fourth-order valence-corrected chi connectivity index (χ4v) is 2.61. The molecule has 5 nitrogen and oxygen atoms in total. The van der Waals surface area contributed by atoms with E-state index >= 15 is 0 Å². The highest BCUT2D eigenvalue weighted by atomic mass is 16.4. The molecular weight excluding hydrogens is 256 g/mol. The Morgan fingerprint density at radius 1 is 1.45 bits per heavy atom. The number of carbonyl (C=O) groups is 1. The highest BCUT2D eigenvalue weighted by Crippen LogP contribution is 2.27. The van der Waals surface area contributed by atoms with Crippen LogP contribution >= 0.6 is 0 Å². The molecule has 0 saturated heterocycles. The van der Waals surface area contributed by atoms with Crippen LogP contribution in [0.1, 0.15) is 48.9 Å². The molecule has 0 aliphatic rings. The summed E-state index contributed by atoms with van der Waals surface area (Å²) in [6.45, 7) is 4.19. The quantitative estimate of drug-likeness (QED) is 0.850. The summed E-state index contributed by atoms with van der Waals surface area (Å²) < 4.78 is 2.01. The molecule has 2 rings (SSSR count). The van der Waals surface area contributed by atoms with Crippen molar-refractivity contribution in [2.24, 2.45) is 0 Å². The van der Waals surface area contributed by atoms with E-state index < -0.39 is 5.97 Å². The SMILES string of the molecule is CCc1nc2cccc(C(=O)O)c2n1C(C)CCCO. The third-order valence-corrected chi connectivity index (χ3v) is 3.55. The van der Waals surface area contributed by atoms with Gasteiger partial charge in [0.1, 0.15) is 5.82 Å². The van der Waals surface area contributed by atoms with E-state index in [1.165, 1.54) is 0 Å². The summed E-state index contributed by atoms with van der Waals surface area (Å²) in [5, 5.41) is 18.3. The summed E-state index contributed by atoms with van der Waals surface area (Å²) in [4.78, 5) is 16.0. The van der Waals surface area contributed by atoms with E-state index in [0.717, 1.165) is 24.2 Å². The van der Waals surface area contributed by atoms with Gasteiger partial charge in [-0.1, -0.05) is 13.0 Å². The highest BCUT2D eigenvalue weighted by Gasteiger charge is 2.19. The number of aliphatic hydroxyl groups excluding tert-OH is 1. The van der Waals surface area contributed by atoms with Crippen LogP contribution in [-0.4, -0.2) is 32.3 Å². The molecule has 0 spiro atoms. The summed E-state index contributed by atoms with van der Waals surface area (Å²) in [5.74, 6) is -0.0482. The number of carboxylic acids is 1. The molecule has 1 aromatic heterocycles. The lowest BCUT2D eigenvalue weighted by atomic mass is 10.1. The van der Waals surface area contributed by atoms with E-state index in [9.17, 15) is 9.90 Å². The van der Waals surface area contributed by atoms with Crippen molar-refractivity contribution < 1.29 is 15.0 Å². The van der Waals surface area contributed by atoms with Gasteiger partial charge in [0.15, 0.2) is 0 Å². The number of imidazole rings is 1. The van der Waals surface area contributed by atoms with E-state index in [-0.39, 0.29) is 18.2 Å². The summed E-state index contributed by atoms with van der Waals surface area (Å²) in [6, 6.07) is 5.29. The Morgan fingerprint density at radius 2 is 2.20 bits per heavy atom. The van der Waals surface area contributed by atoms with Gasteiger partial charge in [-0.25, -0.2) is 9.78 Å². The standard InChI is InChI=1S/C15H20N2O3/c1-3-13-16-12-8-4-7-11(15(19)20)14(12)17(13)10(2)6-5-9-18/h4,7-8,10,18H,3,5-6,9H2,1-2H3,(H,19,20). The molecule has 108 valence electrons. The molecular formula is C15H20N2O3. The number of aliphatic hydroxyl groups is 1. The van der Waals surface area contributed by atoms with Crippen molar-refractivity contribution in [1.82, 2.24) is 9.55 Å². The van der Waals surface area contributed by atoms with Crippen LogP contribution in [0.15, 0.2) is 18.2 Å². The monoisotopic (exact) mass is 276 g/mol. The fraction of sp³-hybridized carbons (Fsp3) is 0.467. The van der Waals surface area contributed by atoms with E-state index in [2.05, 4.69) is 4.98 Å². The molecule has 0 saturated carbocycles. The molecule has 1 atom stereocenters. The fourth-order valence-electron chi connectivity index (χ4n) is 2.61. The maximum absolute atomic E-state index is 11.4. The molecule has 5 heteroatoms. The second-order valence-electron chi connectivity index (χ2n) is 4.94. The lowest BCUT2D eigenvalue weighted by molar-refractivity contribution is 0.0698. The van der Waals surface area contributed by atoms with E-state index in [1.54, 1.807) is 12.1 Å². The molecule has 1 heterocycles. The van der Waals surface area contributed by atoms with Crippen LogP contribution < -0.4 is 0 Å². The Hall–Kier alpha value is -1.88. The molecule has 2 aromatic rings. The summed E-state index contributed by atoms with van der Waals surface area (Å²) >= 11 is 0. The van der Waals surface area contributed by atoms with Gasteiger partial charge in [-0.3, -0.25) is 0 Å². The molecule has 0 aliphatic heterocycles. The van der Waals surface area contributed by atoms with Crippen molar-refractivity contribution in [3.05, 3.63) is 29.6 Å². The number of nitrogens with zero attached hydrogens (tertiary/aromatic N) is 2. The smallest absolute Gasteiger partial charge is 0.337 e. The molecule has 1 aromatic carbocycles. The maximum Gasteiger partial charge on any atom is 0.337 e. The predicted molar refractivity (Wildman–Crippen MR) is 77.1 cm³/mol. The van der Waals surface area contributed by atoms with Gasteiger partial charge in [-0.15, -0.1) is 0 Å². The first kappa shape index (κ1) is 14.5. The average molecular weight is 276 g/mol. The lowest BCUT2D eigenvalue weighted by Crippen LogP contribution is -2.11. The van der Waals surface area contributed by atoms with Crippen molar-refractivity contribution in [2.45, 2.75) is 39.2 Å². The van der Waals surface area contributed by atoms with Crippen molar-refractivity contribution in [3.63, 3.8) is 0 Å². The minimum atomic E-state index is -0.936. The average Bonchev–Trinajstić information content (AvgIpc) is 2.82. The van der Waals surface area contributed by atoms with Crippen LogP contribution in [0.4, 0.5) is 0 Å². The number of carboxylic acid groups (broad SMARTS) is 1. The molecule has 20 heavy (non-hydrogen) atoms. The first-order chi connectivity index (χ1) is 9.60. The van der Waals surface area contributed by atoms with Gasteiger partial charge in [-0.05, 0) is 31.9 Å². The largest absolute Gasteiger partial charge is 0.478 e. The number of aromatic nitrogens is 2. The maximum atomic E-state index is 11.4. The summed E-state index contributed by atoms with van der Waals surface area (Å²) in [7, 11) is 0. The van der Waals surface area contributed by atoms with Crippen LogP contribution in [0.25, 0.3) is 11.0 Å². The van der Waals surface area contributed by atoms with Gasteiger partial charge in [0, 0.05) is 19.1 Å². The molecule has 1 unspecified atom stereocenters. The number of hydrogen-bond donors (Lipinski definition) is 2. The van der Waals surface area contributed by atoms with Crippen LogP contribution in [0, 0.1) is 0 Å². The third kappa shape index (κ3) is 2.54. The molecule has 0 radical (unpaired) electrons. The predicted octanol–water partition coefficient (Wildman–Crippen LogP) is 2.63. The second kappa shape index (κ2) is 6.05. The first-order valence-electron chi connectivity index (χ1n) is 6.94. The Balaban J connectivity index is 2.62. The zero-order valence-electron chi connectivity index (χ0n) is 11.8. The number of fused-ring (bicyclic) bond motifs is 1. The van der Waals surface area contributed by atoms with Gasteiger partial charge in [-0.2, -0.15) is 0 Å². The number of benzene rings is 1. The minimum Gasteiger partial charge on any atom is -0.478 e. The van der Waals surface area contributed by atoms with E-state index in [1.807, 2.05) is 24.5 Å². The summed E-state index contributed by atoms with van der Waals surface area (Å²) in [5.41, 5.74) is 1.69. The highest BCUT2D eigenvalue weighted by molar-refractivity contribution is 6.01. The van der Waals surface area contributed by atoms with Gasteiger partial charge in [0.2, 0.25) is 0 Å². The first-order valence-corrected chi connectivity index (χ1v) is 6.94. The molecule has 0 fully saturated rings. The normalized spacial score (nSPS) is 12.8. The number of para-hydroxylation sites is 1. The van der Waals surface area contributed by atoms with Crippen molar-refractivity contribution in [3.8, 4) is 0 Å². The van der Waals surface area contributed by atoms with Crippen molar-refractivity contribution in [2.75, 3.05) is 6.61 Å². The van der Waals surface area contributed by atoms with Crippen LogP contribution in [0.5, 0.6) is 0 Å². The number of aromatic carboxylic acids is 1. The van der Waals surface area contributed by atoms with E-state index in [0.29, 0.717) is 11.9 Å². The zero-order chi connectivity index (χ0) is 14.7. The molecule has 0 bridgehead atoms. The molecule has 0 amide bonds. The number of aryl methyl sites for hydroxylation is 1. The number of rotatable bonds is 6. The lowest BCUT2D eigenvalue weighted by Gasteiger charge is -2.17. The minimum absolute atomic E-state index is 0.114. The van der Waals surface area contributed by atoms with Crippen molar-refractivity contribution in [1.29, 1.82) is 0 Å². The Bertz CT molecular complexity index is 619. The van der Waals surface area contributed by atoms with Gasteiger partial charge >= 0.3 is 5.97 Å². The van der Waals surface area contributed by atoms with Crippen molar-refractivity contribution >= 4 is 17.0 Å². The zero-order valence-corrected chi connectivity index (χ0v) is 11.8. The van der Waals surface area contributed by atoms with Gasteiger partial charge in [0.05, 0.1) is 16.6 Å². The number of hydrogen-bond acceptors (Lipinski definition) is 3. The van der Waals surface area contributed by atoms with Gasteiger partial charge < -0.3 is 14.8 Å². The Morgan fingerprint density at radius 3 is 2.80 bits per heavy atom. The van der Waals surface area contributed by atoms with E-state index in [4.69, 9.17) is 5.11 Å². The van der Waals surface area contributed by atoms with Crippen LogP contribution in [-0.2, 0) is 6.42 Å². The van der Waals surface area contributed by atoms with Gasteiger partial charge in [0.25, 0.3) is 0 Å².